The molecule has 3 aromatic rings. The van der Waals surface area contributed by atoms with Crippen molar-refractivity contribution in [3.63, 3.8) is 0 Å². The van der Waals surface area contributed by atoms with E-state index in [0.717, 1.165) is 22.5 Å². The minimum atomic E-state index is 0.622. The van der Waals surface area contributed by atoms with Crippen molar-refractivity contribution in [3.8, 4) is 23.1 Å². The average molecular weight is 314 g/mol. The SMILES string of the molecule is Cc1cc(C#CC2CC2)ccc1-c1cn(Cc2ccccn2)nn1. The van der Waals surface area contributed by atoms with Gasteiger partial charge in [-0.15, -0.1) is 5.10 Å². The van der Waals surface area contributed by atoms with E-state index in [0.29, 0.717) is 12.5 Å². The summed E-state index contributed by atoms with van der Waals surface area (Å²) < 4.78 is 1.82. The zero-order chi connectivity index (χ0) is 16.4. The number of aromatic nitrogens is 4. The first-order valence-corrected chi connectivity index (χ1v) is 8.20. The van der Waals surface area contributed by atoms with E-state index in [1.807, 2.05) is 29.1 Å². The van der Waals surface area contributed by atoms with Crippen molar-refractivity contribution in [1.82, 2.24) is 20.0 Å². The molecule has 0 saturated heterocycles. The monoisotopic (exact) mass is 314 g/mol. The molecule has 1 fully saturated rings. The topological polar surface area (TPSA) is 43.6 Å². The Bertz CT molecular complexity index is 912. The highest BCUT2D eigenvalue weighted by atomic mass is 15.4. The van der Waals surface area contributed by atoms with Crippen molar-refractivity contribution < 1.29 is 0 Å². The fourth-order valence-electron chi connectivity index (χ4n) is 2.60. The van der Waals surface area contributed by atoms with Gasteiger partial charge in [0.25, 0.3) is 0 Å². The van der Waals surface area contributed by atoms with Crippen LogP contribution in [0.5, 0.6) is 0 Å². The van der Waals surface area contributed by atoms with E-state index >= 15 is 0 Å². The third-order valence-corrected chi connectivity index (χ3v) is 4.09. The fourth-order valence-corrected chi connectivity index (χ4v) is 2.60. The van der Waals surface area contributed by atoms with Gasteiger partial charge in [0.2, 0.25) is 0 Å². The van der Waals surface area contributed by atoms with Gasteiger partial charge < -0.3 is 0 Å². The van der Waals surface area contributed by atoms with Crippen molar-refractivity contribution in [1.29, 1.82) is 0 Å². The highest BCUT2D eigenvalue weighted by Gasteiger charge is 2.17. The van der Waals surface area contributed by atoms with E-state index in [2.05, 4.69) is 52.3 Å². The Morgan fingerprint density at radius 3 is 2.88 bits per heavy atom. The Labute approximate surface area is 141 Å². The largest absolute Gasteiger partial charge is 0.259 e. The zero-order valence-electron chi connectivity index (χ0n) is 13.6. The summed E-state index contributed by atoms with van der Waals surface area (Å²) in [6.07, 6.45) is 6.26. The van der Waals surface area contributed by atoms with Crippen LogP contribution in [0.4, 0.5) is 0 Å². The second-order valence-electron chi connectivity index (χ2n) is 6.20. The maximum absolute atomic E-state index is 4.32. The quantitative estimate of drug-likeness (QED) is 0.695. The Hall–Kier alpha value is -2.93. The van der Waals surface area contributed by atoms with Crippen LogP contribution in [0.2, 0.25) is 0 Å². The van der Waals surface area contributed by atoms with Crippen LogP contribution in [0.1, 0.15) is 29.7 Å². The lowest BCUT2D eigenvalue weighted by molar-refractivity contribution is 0.639. The van der Waals surface area contributed by atoms with Crippen LogP contribution in [0, 0.1) is 24.7 Å². The van der Waals surface area contributed by atoms with Gasteiger partial charge in [-0.25, -0.2) is 4.68 Å². The highest BCUT2D eigenvalue weighted by molar-refractivity contribution is 5.64. The smallest absolute Gasteiger partial charge is 0.113 e. The molecule has 0 spiro atoms. The van der Waals surface area contributed by atoms with E-state index in [9.17, 15) is 0 Å². The summed E-state index contributed by atoms with van der Waals surface area (Å²) in [5, 5.41) is 8.52. The van der Waals surface area contributed by atoms with Crippen molar-refractivity contribution in [2.24, 2.45) is 5.92 Å². The molecule has 0 N–H and O–H groups in total. The fraction of sp³-hybridized carbons (Fsp3) is 0.250. The molecule has 1 aliphatic rings. The molecule has 1 aromatic carbocycles. The van der Waals surface area contributed by atoms with Gasteiger partial charge in [0.05, 0.1) is 18.4 Å². The number of aryl methyl sites for hydroxylation is 1. The molecule has 0 radical (unpaired) electrons. The predicted molar refractivity (Wildman–Crippen MR) is 93.1 cm³/mol. The van der Waals surface area contributed by atoms with Gasteiger partial charge >= 0.3 is 0 Å². The van der Waals surface area contributed by atoms with Crippen LogP contribution in [-0.4, -0.2) is 20.0 Å². The lowest BCUT2D eigenvalue weighted by Gasteiger charge is -2.02. The number of hydrogen-bond donors (Lipinski definition) is 0. The predicted octanol–water partition coefficient (Wildman–Crippen LogP) is 3.46. The molecule has 0 unspecified atom stereocenters. The second-order valence-corrected chi connectivity index (χ2v) is 6.20. The molecule has 0 aliphatic heterocycles. The molecule has 24 heavy (non-hydrogen) atoms. The van der Waals surface area contributed by atoms with Crippen LogP contribution >= 0.6 is 0 Å². The minimum Gasteiger partial charge on any atom is -0.259 e. The van der Waals surface area contributed by atoms with Crippen LogP contribution in [0.3, 0.4) is 0 Å². The van der Waals surface area contributed by atoms with Crippen LogP contribution in [-0.2, 0) is 6.54 Å². The first kappa shape index (κ1) is 14.6. The summed E-state index contributed by atoms with van der Waals surface area (Å²) in [6, 6.07) is 12.2. The molecule has 118 valence electrons. The van der Waals surface area contributed by atoms with Crippen molar-refractivity contribution in [2.75, 3.05) is 0 Å². The van der Waals surface area contributed by atoms with Crippen LogP contribution in [0.25, 0.3) is 11.3 Å². The molecule has 0 amide bonds. The van der Waals surface area contributed by atoms with Gasteiger partial charge in [0.15, 0.2) is 0 Å². The Morgan fingerprint density at radius 2 is 2.12 bits per heavy atom. The summed E-state index contributed by atoms with van der Waals surface area (Å²) >= 11 is 0. The molecule has 2 heterocycles. The molecule has 1 saturated carbocycles. The van der Waals surface area contributed by atoms with E-state index in [4.69, 9.17) is 0 Å². The zero-order valence-corrected chi connectivity index (χ0v) is 13.6. The Kier molecular flexibility index (Phi) is 3.84. The van der Waals surface area contributed by atoms with Gasteiger partial charge in [0.1, 0.15) is 5.69 Å². The number of rotatable bonds is 3. The standard InChI is InChI=1S/C20H18N4/c1-15-12-17(8-7-16-5-6-16)9-10-19(15)20-14-24(23-22-20)13-18-4-2-3-11-21-18/h2-4,9-12,14,16H,5-6,13H2,1H3. The number of pyridine rings is 1. The van der Waals surface area contributed by atoms with Gasteiger partial charge in [-0.05, 0) is 49.6 Å². The van der Waals surface area contributed by atoms with Gasteiger partial charge in [-0.1, -0.05) is 29.2 Å². The summed E-state index contributed by atoms with van der Waals surface area (Å²) in [5.41, 5.74) is 5.19. The van der Waals surface area contributed by atoms with Crippen molar-refractivity contribution >= 4 is 0 Å². The van der Waals surface area contributed by atoms with Gasteiger partial charge in [0, 0.05) is 23.2 Å². The van der Waals surface area contributed by atoms with E-state index in [-0.39, 0.29) is 0 Å². The molecule has 2 aromatic heterocycles. The van der Waals surface area contributed by atoms with E-state index in [1.165, 1.54) is 18.4 Å². The van der Waals surface area contributed by atoms with Crippen LogP contribution < -0.4 is 0 Å². The van der Waals surface area contributed by atoms with Crippen LogP contribution in [0.15, 0.2) is 48.8 Å². The summed E-state index contributed by atoms with van der Waals surface area (Å²) in [4.78, 5) is 4.32. The van der Waals surface area contributed by atoms with Crippen molar-refractivity contribution in [2.45, 2.75) is 26.3 Å². The third kappa shape index (κ3) is 3.36. The van der Waals surface area contributed by atoms with Gasteiger partial charge in [-0.2, -0.15) is 0 Å². The molecule has 4 rings (SSSR count). The summed E-state index contributed by atoms with van der Waals surface area (Å²) in [5.74, 6) is 7.19. The number of hydrogen-bond acceptors (Lipinski definition) is 3. The second kappa shape index (κ2) is 6.29. The first-order valence-electron chi connectivity index (χ1n) is 8.20. The maximum atomic E-state index is 4.32. The lowest BCUT2D eigenvalue weighted by atomic mass is 10.0. The first-order chi connectivity index (χ1) is 11.8. The Morgan fingerprint density at radius 1 is 1.21 bits per heavy atom. The molecule has 1 aliphatic carbocycles. The highest BCUT2D eigenvalue weighted by Crippen LogP contribution is 2.28. The third-order valence-electron chi connectivity index (χ3n) is 4.09. The Balaban J connectivity index is 1.54. The molecule has 0 bridgehead atoms. The van der Waals surface area contributed by atoms with Crippen molar-refractivity contribution in [3.05, 3.63) is 65.6 Å². The molecular weight excluding hydrogens is 296 g/mol. The molecular formula is C20H18N4. The molecule has 4 nitrogen and oxygen atoms in total. The maximum Gasteiger partial charge on any atom is 0.113 e. The number of benzene rings is 1. The minimum absolute atomic E-state index is 0.622. The summed E-state index contributed by atoms with van der Waals surface area (Å²) in [6.45, 7) is 2.72. The number of nitrogens with zero attached hydrogens (tertiary/aromatic N) is 4. The molecule has 4 heteroatoms. The van der Waals surface area contributed by atoms with E-state index in [1.54, 1.807) is 6.20 Å². The normalized spacial score (nSPS) is 13.4. The van der Waals surface area contributed by atoms with E-state index < -0.39 is 0 Å². The molecule has 0 atom stereocenters. The lowest BCUT2D eigenvalue weighted by Crippen LogP contribution is -2.01. The average Bonchev–Trinajstić information content (AvgIpc) is 3.32. The van der Waals surface area contributed by atoms with Gasteiger partial charge in [-0.3, -0.25) is 4.98 Å². The summed E-state index contributed by atoms with van der Waals surface area (Å²) in [7, 11) is 0.